The van der Waals surface area contributed by atoms with Crippen molar-refractivity contribution in [1.82, 2.24) is 19.4 Å². The van der Waals surface area contributed by atoms with Gasteiger partial charge < -0.3 is 10.2 Å². The van der Waals surface area contributed by atoms with Crippen molar-refractivity contribution in [2.24, 2.45) is 7.05 Å². The maximum Gasteiger partial charge on any atom is 0.247 e. The molecular formula is C28H25N7O. The fraction of sp³-hybridized carbons (Fsp3) is 0.214. The summed E-state index contributed by atoms with van der Waals surface area (Å²) in [5.74, 6) is -0.218. The Labute approximate surface area is 208 Å². The summed E-state index contributed by atoms with van der Waals surface area (Å²) in [6.45, 7) is 3.50. The molecule has 0 radical (unpaired) electrons. The molecule has 178 valence electrons. The molecule has 2 aliphatic heterocycles. The van der Waals surface area contributed by atoms with E-state index in [1.165, 1.54) is 11.6 Å². The highest BCUT2D eigenvalue weighted by molar-refractivity contribution is 5.99. The second kappa shape index (κ2) is 8.54. The summed E-state index contributed by atoms with van der Waals surface area (Å²) in [4.78, 5) is 14.1. The van der Waals surface area contributed by atoms with Crippen LogP contribution in [0.1, 0.15) is 30.4 Å². The lowest BCUT2D eigenvalue weighted by atomic mass is 9.92. The van der Waals surface area contributed by atoms with Gasteiger partial charge in [0.2, 0.25) is 5.91 Å². The molecule has 1 amide bonds. The van der Waals surface area contributed by atoms with E-state index in [4.69, 9.17) is 0 Å². The first-order valence-electron chi connectivity index (χ1n) is 12.0. The highest BCUT2D eigenvalue weighted by Gasteiger charge is 2.37. The van der Waals surface area contributed by atoms with Crippen LogP contribution in [0.25, 0.3) is 22.2 Å². The number of nitrogens with one attached hydrogen (secondary N) is 1. The van der Waals surface area contributed by atoms with Crippen molar-refractivity contribution < 1.29 is 4.79 Å². The van der Waals surface area contributed by atoms with Gasteiger partial charge >= 0.3 is 0 Å². The molecule has 1 saturated heterocycles. The highest BCUT2D eigenvalue weighted by atomic mass is 16.1. The number of carbonyl (C=O) groups excluding carboxylic acids is 1. The van der Waals surface area contributed by atoms with Crippen molar-refractivity contribution in [3.05, 3.63) is 85.0 Å². The summed E-state index contributed by atoms with van der Waals surface area (Å²) in [7, 11) is 1.90. The van der Waals surface area contributed by atoms with Crippen LogP contribution in [0.3, 0.4) is 0 Å². The van der Waals surface area contributed by atoms with E-state index in [2.05, 4.69) is 57.3 Å². The maximum absolute atomic E-state index is 11.6. The van der Waals surface area contributed by atoms with E-state index in [0.29, 0.717) is 11.6 Å². The number of aryl methyl sites for hydroxylation is 1. The number of nitriles is 1. The van der Waals surface area contributed by atoms with Gasteiger partial charge in [-0.25, -0.2) is 4.52 Å². The molecule has 4 aromatic rings. The van der Waals surface area contributed by atoms with Gasteiger partial charge in [0.15, 0.2) is 0 Å². The van der Waals surface area contributed by atoms with Gasteiger partial charge in [0.1, 0.15) is 6.07 Å². The molecule has 6 rings (SSSR count). The molecule has 8 heteroatoms. The summed E-state index contributed by atoms with van der Waals surface area (Å²) in [6.07, 6.45) is 14.1. The van der Waals surface area contributed by atoms with E-state index in [1.807, 2.05) is 42.3 Å². The van der Waals surface area contributed by atoms with Crippen LogP contribution < -0.4 is 10.2 Å². The fourth-order valence-electron chi connectivity index (χ4n) is 5.52. The number of pyridine rings is 1. The monoisotopic (exact) mass is 475 g/mol. The van der Waals surface area contributed by atoms with Gasteiger partial charge in [-0.3, -0.25) is 9.48 Å². The average molecular weight is 476 g/mol. The summed E-state index contributed by atoms with van der Waals surface area (Å²) in [5, 5.41) is 21.4. The molecule has 0 spiro atoms. The minimum Gasteiger partial charge on any atom is -0.362 e. The molecule has 0 saturated carbocycles. The second-order valence-electron chi connectivity index (χ2n) is 9.35. The predicted molar refractivity (Wildman–Crippen MR) is 139 cm³/mol. The first kappa shape index (κ1) is 21.9. The lowest BCUT2D eigenvalue weighted by Crippen LogP contribution is -2.38. The van der Waals surface area contributed by atoms with Gasteiger partial charge in [-0.2, -0.15) is 15.5 Å². The Morgan fingerprint density at radius 3 is 2.69 bits per heavy atom. The number of fused-ring (bicyclic) bond motifs is 3. The number of hydrogen-bond acceptors (Lipinski definition) is 5. The van der Waals surface area contributed by atoms with Crippen LogP contribution in [-0.2, 0) is 11.8 Å². The summed E-state index contributed by atoms with van der Waals surface area (Å²) in [5.41, 5.74) is 7.67. The fourth-order valence-corrected chi connectivity index (χ4v) is 5.52. The van der Waals surface area contributed by atoms with Gasteiger partial charge in [-0.05, 0) is 61.2 Å². The molecule has 5 heterocycles. The van der Waals surface area contributed by atoms with E-state index in [9.17, 15) is 10.1 Å². The van der Waals surface area contributed by atoms with Crippen LogP contribution in [0, 0.1) is 11.3 Å². The molecular weight excluding hydrogens is 450 g/mol. The van der Waals surface area contributed by atoms with Crippen molar-refractivity contribution in [3.63, 3.8) is 0 Å². The van der Waals surface area contributed by atoms with Crippen molar-refractivity contribution in [1.29, 1.82) is 5.26 Å². The first-order valence-corrected chi connectivity index (χ1v) is 12.0. The zero-order chi connectivity index (χ0) is 24.8. The van der Waals surface area contributed by atoms with Gasteiger partial charge in [0.25, 0.3) is 0 Å². The molecule has 2 aliphatic rings. The number of carbonyl (C=O) groups is 1. The van der Waals surface area contributed by atoms with Crippen molar-refractivity contribution in [3.8, 4) is 17.2 Å². The predicted octanol–water partition coefficient (Wildman–Crippen LogP) is 4.56. The Balaban J connectivity index is 1.38. The Bertz CT molecular complexity index is 1570. The molecule has 2 unspecified atom stereocenters. The summed E-state index contributed by atoms with van der Waals surface area (Å²) >= 11 is 0. The van der Waals surface area contributed by atoms with Gasteiger partial charge in [0.05, 0.1) is 23.5 Å². The molecule has 8 nitrogen and oxygen atoms in total. The Morgan fingerprint density at radius 2 is 2.00 bits per heavy atom. The third-order valence-corrected chi connectivity index (χ3v) is 7.13. The first-order chi connectivity index (χ1) is 17.5. The maximum atomic E-state index is 11.6. The third-order valence-electron chi connectivity index (χ3n) is 7.13. The van der Waals surface area contributed by atoms with Crippen molar-refractivity contribution in [2.45, 2.75) is 31.3 Å². The van der Waals surface area contributed by atoms with Crippen LogP contribution in [0.15, 0.2) is 73.9 Å². The van der Waals surface area contributed by atoms with Crippen molar-refractivity contribution in [2.75, 3.05) is 10.2 Å². The zero-order valence-electron chi connectivity index (χ0n) is 19.9. The average Bonchev–Trinajstić information content (AvgIpc) is 3.59. The van der Waals surface area contributed by atoms with Crippen LogP contribution in [0.2, 0.25) is 0 Å². The lowest BCUT2D eigenvalue weighted by molar-refractivity contribution is -0.111. The molecule has 0 aliphatic carbocycles. The topological polar surface area (TPSA) is 91.2 Å². The quantitative estimate of drug-likeness (QED) is 0.428. The lowest BCUT2D eigenvalue weighted by Gasteiger charge is -2.36. The smallest absolute Gasteiger partial charge is 0.247 e. The number of benzene rings is 1. The van der Waals surface area contributed by atoms with Crippen LogP contribution >= 0.6 is 0 Å². The molecule has 3 aromatic heterocycles. The van der Waals surface area contributed by atoms with Gasteiger partial charge in [-0.15, -0.1) is 0 Å². The molecule has 36 heavy (non-hydrogen) atoms. The minimum absolute atomic E-state index is 0.218. The van der Waals surface area contributed by atoms with E-state index in [1.54, 1.807) is 10.9 Å². The van der Waals surface area contributed by atoms with Gasteiger partial charge in [0, 0.05) is 59.6 Å². The number of amides is 1. The van der Waals surface area contributed by atoms with E-state index in [-0.39, 0.29) is 11.9 Å². The van der Waals surface area contributed by atoms with Gasteiger partial charge in [-0.1, -0.05) is 12.7 Å². The van der Waals surface area contributed by atoms with Crippen molar-refractivity contribution >= 4 is 28.4 Å². The highest BCUT2D eigenvalue weighted by Crippen LogP contribution is 2.43. The Kier molecular flexibility index (Phi) is 5.19. The SMILES string of the molecule is C=CC(=O)Nc1ccc(N2C3C=C(c4cc(-c5cnn(C)c5)cn5ncc(C#N)c45)CC2CC3)cc1. The molecule has 2 atom stereocenters. The molecule has 1 N–H and O–H groups in total. The number of hydrogen-bond donors (Lipinski definition) is 1. The normalized spacial score (nSPS) is 18.7. The molecule has 1 aromatic carbocycles. The van der Waals surface area contributed by atoms with Crippen LogP contribution in [-0.4, -0.2) is 37.4 Å². The summed E-state index contributed by atoms with van der Waals surface area (Å²) < 4.78 is 3.61. The Hall–Kier alpha value is -4.64. The molecule has 1 fully saturated rings. The van der Waals surface area contributed by atoms with E-state index in [0.717, 1.165) is 52.8 Å². The molecule has 2 bridgehead atoms. The zero-order valence-corrected chi connectivity index (χ0v) is 19.9. The van der Waals surface area contributed by atoms with E-state index < -0.39 is 0 Å². The number of rotatable bonds is 5. The van der Waals surface area contributed by atoms with Crippen LogP contribution in [0.4, 0.5) is 11.4 Å². The Morgan fingerprint density at radius 1 is 1.17 bits per heavy atom. The second-order valence-corrected chi connectivity index (χ2v) is 9.35. The standard InChI is InChI=1S/C28H25N7O/c1-3-27(36)32-22-4-6-23(7-5-22)35-24-8-9-25(35)11-18(10-24)26-12-19(21-15-30-33(2)16-21)17-34-28(26)20(13-29)14-31-34/h3-7,10,12,14-17,24-25H,1,8-9,11H2,2H3,(H,32,36). The minimum atomic E-state index is -0.218. The van der Waals surface area contributed by atoms with Crippen LogP contribution in [0.5, 0.6) is 0 Å². The van der Waals surface area contributed by atoms with E-state index >= 15 is 0 Å². The number of nitrogens with zero attached hydrogens (tertiary/aromatic N) is 6. The number of anilines is 2. The third kappa shape index (κ3) is 3.66. The number of aromatic nitrogens is 4. The largest absolute Gasteiger partial charge is 0.362 e. The summed E-state index contributed by atoms with van der Waals surface area (Å²) in [6, 6.07) is 13.1.